The first-order chi connectivity index (χ1) is 10.1. The zero-order valence-electron chi connectivity index (χ0n) is 11.8. The van der Waals surface area contributed by atoms with E-state index in [4.69, 9.17) is 10.5 Å². The molecular weight excluding hydrogens is 332 g/mol. The van der Waals surface area contributed by atoms with Crippen molar-refractivity contribution in [1.29, 1.82) is 0 Å². The molecule has 2 aromatic rings. The normalized spacial score (nSPS) is 22.4. The molecule has 0 unspecified atom stereocenters. The van der Waals surface area contributed by atoms with Gasteiger partial charge in [-0.3, -0.25) is 4.79 Å². The summed E-state index contributed by atoms with van der Waals surface area (Å²) >= 11 is 3.49. The van der Waals surface area contributed by atoms with E-state index in [0.717, 1.165) is 41.3 Å². The molecule has 5 heteroatoms. The average Bonchev–Trinajstić information content (AvgIpc) is 2.48. The molecular formula is C16H19BrN2O2. The van der Waals surface area contributed by atoms with Gasteiger partial charge in [0, 0.05) is 17.6 Å². The quantitative estimate of drug-likeness (QED) is 0.892. The molecule has 0 spiro atoms. The van der Waals surface area contributed by atoms with Crippen LogP contribution in [0.25, 0.3) is 10.8 Å². The van der Waals surface area contributed by atoms with Crippen LogP contribution in [-0.2, 0) is 0 Å². The van der Waals surface area contributed by atoms with Crippen molar-refractivity contribution in [2.24, 2.45) is 11.7 Å². The van der Waals surface area contributed by atoms with Crippen molar-refractivity contribution in [2.75, 3.05) is 6.61 Å². The van der Waals surface area contributed by atoms with Crippen LogP contribution in [0.4, 0.5) is 0 Å². The molecule has 112 valence electrons. The van der Waals surface area contributed by atoms with Gasteiger partial charge in [0.2, 0.25) is 0 Å². The molecule has 3 N–H and O–H groups in total. The van der Waals surface area contributed by atoms with Gasteiger partial charge in [0.1, 0.15) is 5.75 Å². The lowest BCUT2D eigenvalue weighted by Crippen LogP contribution is -2.28. The highest BCUT2D eigenvalue weighted by atomic mass is 79.9. The lowest BCUT2D eigenvalue weighted by atomic mass is 9.87. The van der Waals surface area contributed by atoms with Crippen molar-refractivity contribution < 1.29 is 4.74 Å². The van der Waals surface area contributed by atoms with E-state index in [1.165, 1.54) is 0 Å². The van der Waals surface area contributed by atoms with Crippen LogP contribution < -0.4 is 16.0 Å². The van der Waals surface area contributed by atoms with Crippen molar-refractivity contribution in [2.45, 2.75) is 31.7 Å². The standard InChI is InChI=1S/C16H19BrN2O2/c17-14-8-13-11(5-6-19-16(13)20)7-15(14)21-9-10-1-3-12(18)4-2-10/h5-8,10,12H,1-4,9,18H2,(H,19,20). The van der Waals surface area contributed by atoms with Crippen molar-refractivity contribution in [3.8, 4) is 5.75 Å². The number of pyridine rings is 1. The molecule has 1 fully saturated rings. The molecule has 1 saturated carbocycles. The second-order valence-electron chi connectivity index (χ2n) is 5.77. The van der Waals surface area contributed by atoms with Gasteiger partial charge in [0.05, 0.1) is 11.1 Å². The molecule has 0 radical (unpaired) electrons. The summed E-state index contributed by atoms with van der Waals surface area (Å²) in [6, 6.07) is 5.99. The van der Waals surface area contributed by atoms with Crippen LogP contribution in [0, 0.1) is 5.92 Å². The third kappa shape index (κ3) is 3.30. The zero-order chi connectivity index (χ0) is 14.8. The fraction of sp³-hybridized carbons (Fsp3) is 0.438. The number of hydrogen-bond acceptors (Lipinski definition) is 3. The second-order valence-corrected chi connectivity index (χ2v) is 6.62. The number of H-pyrrole nitrogens is 1. The Morgan fingerprint density at radius 2 is 2.05 bits per heavy atom. The summed E-state index contributed by atoms with van der Waals surface area (Å²) in [6.07, 6.45) is 6.09. The molecule has 3 rings (SSSR count). The Balaban J connectivity index is 1.75. The van der Waals surface area contributed by atoms with Gasteiger partial charge in [0.25, 0.3) is 5.56 Å². The summed E-state index contributed by atoms with van der Waals surface area (Å²) < 4.78 is 6.78. The minimum atomic E-state index is -0.0824. The number of halogens is 1. The van der Waals surface area contributed by atoms with E-state index in [0.29, 0.717) is 24.0 Å². The Bertz CT molecular complexity index is 690. The Morgan fingerprint density at radius 1 is 1.29 bits per heavy atom. The molecule has 4 nitrogen and oxygen atoms in total. The zero-order valence-corrected chi connectivity index (χ0v) is 13.4. The van der Waals surface area contributed by atoms with Crippen molar-refractivity contribution >= 4 is 26.7 Å². The van der Waals surface area contributed by atoms with E-state index < -0.39 is 0 Å². The summed E-state index contributed by atoms with van der Waals surface area (Å²) in [5.41, 5.74) is 5.84. The number of nitrogens with two attached hydrogens (primary N) is 1. The number of hydrogen-bond donors (Lipinski definition) is 2. The molecule has 1 aromatic carbocycles. The van der Waals surface area contributed by atoms with Crippen molar-refractivity contribution in [3.63, 3.8) is 0 Å². The maximum atomic E-state index is 11.7. The number of aromatic amines is 1. The van der Waals surface area contributed by atoms with Gasteiger partial charge < -0.3 is 15.5 Å². The lowest BCUT2D eigenvalue weighted by Gasteiger charge is -2.26. The van der Waals surface area contributed by atoms with Crippen LogP contribution in [0.5, 0.6) is 5.75 Å². The summed E-state index contributed by atoms with van der Waals surface area (Å²) in [6.45, 7) is 0.708. The lowest BCUT2D eigenvalue weighted by molar-refractivity contribution is 0.200. The van der Waals surface area contributed by atoms with Crippen LogP contribution in [0.2, 0.25) is 0 Å². The monoisotopic (exact) mass is 350 g/mol. The minimum Gasteiger partial charge on any atom is -0.492 e. The molecule has 1 heterocycles. The van der Waals surface area contributed by atoms with Gasteiger partial charge in [-0.25, -0.2) is 0 Å². The molecule has 0 saturated heterocycles. The number of nitrogens with one attached hydrogen (secondary N) is 1. The molecule has 1 aliphatic carbocycles. The van der Waals surface area contributed by atoms with Gasteiger partial charge in [-0.15, -0.1) is 0 Å². The third-order valence-electron chi connectivity index (χ3n) is 4.19. The van der Waals surface area contributed by atoms with E-state index in [-0.39, 0.29) is 5.56 Å². The van der Waals surface area contributed by atoms with Gasteiger partial charge >= 0.3 is 0 Å². The molecule has 0 atom stereocenters. The summed E-state index contributed by atoms with van der Waals surface area (Å²) in [5, 5.41) is 1.56. The van der Waals surface area contributed by atoms with Gasteiger partial charge in [-0.05, 0) is 71.1 Å². The minimum absolute atomic E-state index is 0.0824. The van der Waals surface area contributed by atoms with Crippen LogP contribution in [0.1, 0.15) is 25.7 Å². The second kappa shape index (κ2) is 6.20. The van der Waals surface area contributed by atoms with Gasteiger partial charge in [-0.2, -0.15) is 0 Å². The maximum Gasteiger partial charge on any atom is 0.255 e. The predicted molar refractivity (Wildman–Crippen MR) is 87.7 cm³/mol. The molecule has 0 amide bonds. The van der Waals surface area contributed by atoms with E-state index in [1.807, 2.05) is 18.2 Å². The van der Waals surface area contributed by atoms with Crippen molar-refractivity contribution in [3.05, 3.63) is 39.2 Å². The molecule has 0 bridgehead atoms. The Hall–Kier alpha value is -1.33. The first-order valence-electron chi connectivity index (χ1n) is 7.33. The summed E-state index contributed by atoms with van der Waals surface area (Å²) in [4.78, 5) is 14.4. The average molecular weight is 351 g/mol. The SMILES string of the molecule is NC1CCC(COc2cc3cc[nH]c(=O)c3cc2Br)CC1. The molecule has 1 aliphatic rings. The smallest absolute Gasteiger partial charge is 0.255 e. The topological polar surface area (TPSA) is 68.1 Å². The summed E-state index contributed by atoms with van der Waals surface area (Å²) in [7, 11) is 0. The van der Waals surface area contributed by atoms with Crippen molar-refractivity contribution in [1.82, 2.24) is 4.98 Å². The Kier molecular flexibility index (Phi) is 4.31. The first kappa shape index (κ1) is 14.6. The van der Waals surface area contributed by atoms with Crippen LogP contribution >= 0.6 is 15.9 Å². The van der Waals surface area contributed by atoms with E-state index in [2.05, 4.69) is 20.9 Å². The maximum absolute atomic E-state index is 11.7. The highest BCUT2D eigenvalue weighted by molar-refractivity contribution is 9.10. The van der Waals surface area contributed by atoms with E-state index >= 15 is 0 Å². The predicted octanol–water partition coefficient (Wildman–Crippen LogP) is 3.19. The third-order valence-corrected chi connectivity index (χ3v) is 4.81. The number of fused-ring (bicyclic) bond motifs is 1. The fourth-order valence-electron chi connectivity index (χ4n) is 2.86. The van der Waals surface area contributed by atoms with E-state index in [1.54, 1.807) is 6.20 Å². The Labute approximate surface area is 131 Å². The number of aromatic nitrogens is 1. The van der Waals surface area contributed by atoms with E-state index in [9.17, 15) is 4.79 Å². The van der Waals surface area contributed by atoms with Crippen LogP contribution in [-0.4, -0.2) is 17.6 Å². The fourth-order valence-corrected chi connectivity index (χ4v) is 3.32. The number of ether oxygens (including phenoxy) is 1. The number of benzene rings is 1. The largest absolute Gasteiger partial charge is 0.492 e. The number of rotatable bonds is 3. The molecule has 1 aromatic heterocycles. The molecule has 21 heavy (non-hydrogen) atoms. The Morgan fingerprint density at radius 3 is 2.81 bits per heavy atom. The highest BCUT2D eigenvalue weighted by Gasteiger charge is 2.19. The molecule has 0 aliphatic heterocycles. The van der Waals surface area contributed by atoms with Crippen LogP contribution in [0.3, 0.4) is 0 Å². The first-order valence-corrected chi connectivity index (χ1v) is 8.12. The highest BCUT2D eigenvalue weighted by Crippen LogP contribution is 2.31. The van der Waals surface area contributed by atoms with Crippen LogP contribution in [0.15, 0.2) is 33.7 Å². The van der Waals surface area contributed by atoms with Gasteiger partial charge in [-0.1, -0.05) is 0 Å². The van der Waals surface area contributed by atoms with Gasteiger partial charge in [0.15, 0.2) is 0 Å². The summed E-state index contributed by atoms with van der Waals surface area (Å²) in [5.74, 6) is 1.37.